The molecule has 0 amide bonds. The zero-order valence-corrected chi connectivity index (χ0v) is 12.7. The number of methoxy groups -OCH3 is 1. The predicted octanol–water partition coefficient (Wildman–Crippen LogP) is 3.23. The molecule has 0 saturated carbocycles. The molecule has 1 fully saturated rings. The molecule has 4 heteroatoms. The normalized spacial score (nSPS) is 23.4. The Morgan fingerprint density at radius 2 is 1.95 bits per heavy atom. The summed E-state index contributed by atoms with van der Waals surface area (Å²) >= 11 is 0. The molecule has 0 spiro atoms. The van der Waals surface area contributed by atoms with E-state index in [2.05, 4.69) is 13.8 Å². The Kier molecular flexibility index (Phi) is 3.78. The molecule has 1 saturated heterocycles. The van der Waals surface area contributed by atoms with Gasteiger partial charge in [0.2, 0.25) is 0 Å². The minimum Gasteiger partial charge on any atom is -0.493 e. The molecule has 110 valence electrons. The number of carbonyl (C=O) groups is 1. The van der Waals surface area contributed by atoms with E-state index in [4.69, 9.17) is 14.2 Å². The van der Waals surface area contributed by atoms with Gasteiger partial charge in [0, 0.05) is 12.0 Å². The minimum absolute atomic E-state index is 0.0895. The third-order valence-corrected chi connectivity index (χ3v) is 3.58. The van der Waals surface area contributed by atoms with Gasteiger partial charge in [-0.2, -0.15) is 0 Å². The molecule has 1 aromatic carbocycles. The molecule has 1 aromatic rings. The number of carbonyl (C=O) groups excluding carboxylic acids is 1. The van der Waals surface area contributed by atoms with E-state index in [1.165, 1.54) is 0 Å². The van der Waals surface area contributed by atoms with Gasteiger partial charge in [-0.3, -0.25) is 4.79 Å². The number of aldehydes is 1. The lowest BCUT2D eigenvalue weighted by atomic mass is 9.97. The van der Waals surface area contributed by atoms with Crippen molar-refractivity contribution in [1.82, 2.24) is 0 Å². The summed E-state index contributed by atoms with van der Waals surface area (Å²) in [5.41, 5.74) is -0.0354. The molecular formula is C16H22O4. The number of ether oxygens (including phenoxy) is 3. The van der Waals surface area contributed by atoms with E-state index in [1.54, 1.807) is 25.3 Å². The van der Waals surface area contributed by atoms with Crippen LogP contribution in [0.1, 0.15) is 44.5 Å². The zero-order valence-electron chi connectivity index (χ0n) is 12.7. The van der Waals surface area contributed by atoms with E-state index in [-0.39, 0.29) is 17.3 Å². The fourth-order valence-corrected chi connectivity index (χ4v) is 2.71. The summed E-state index contributed by atoms with van der Waals surface area (Å²) in [7, 11) is 1.59. The standard InChI is InChI=1S/C16H22O4/c1-15(2)9-14(16(3,4)20-15)19-13-8-11(10-17)6-7-12(13)18-5/h6-8,10,14H,9H2,1-5H3. The van der Waals surface area contributed by atoms with Crippen molar-refractivity contribution in [3.8, 4) is 11.5 Å². The van der Waals surface area contributed by atoms with E-state index < -0.39 is 0 Å². The molecule has 1 aliphatic rings. The van der Waals surface area contributed by atoms with Gasteiger partial charge >= 0.3 is 0 Å². The molecule has 1 aliphatic heterocycles. The van der Waals surface area contributed by atoms with E-state index in [9.17, 15) is 4.79 Å². The van der Waals surface area contributed by atoms with Crippen LogP contribution in [0.15, 0.2) is 18.2 Å². The highest BCUT2D eigenvalue weighted by atomic mass is 16.6. The maximum Gasteiger partial charge on any atom is 0.162 e. The van der Waals surface area contributed by atoms with Crippen molar-refractivity contribution in [2.45, 2.75) is 51.4 Å². The fourth-order valence-electron chi connectivity index (χ4n) is 2.71. The summed E-state index contributed by atoms with van der Waals surface area (Å²) in [4.78, 5) is 10.9. The van der Waals surface area contributed by atoms with Crippen LogP contribution in [-0.4, -0.2) is 30.7 Å². The highest BCUT2D eigenvalue weighted by Gasteiger charge is 2.47. The Balaban J connectivity index is 2.27. The lowest BCUT2D eigenvalue weighted by Crippen LogP contribution is -2.36. The summed E-state index contributed by atoms with van der Waals surface area (Å²) in [5.74, 6) is 1.20. The predicted molar refractivity (Wildman–Crippen MR) is 76.7 cm³/mol. The van der Waals surface area contributed by atoms with Crippen LogP contribution in [-0.2, 0) is 4.74 Å². The highest BCUT2D eigenvalue weighted by molar-refractivity contribution is 5.76. The molecule has 1 heterocycles. The Morgan fingerprint density at radius 1 is 1.25 bits per heavy atom. The Bertz CT molecular complexity index is 505. The van der Waals surface area contributed by atoms with Gasteiger partial charge in [0.15, 0.2) is 11.5 Å². The Hall–Kier alpha value is -1.55. The topological polar surface area (TPSA) is 44.8 Å². The van der Waals surface area contributed by atoms with Crippen LogP contribution in [0.3, 0.4) is 0 Å². The highest BCUT2D eigenvalue weighted by Crippen LogP contribution is 2.41. The van der Waals surface area contributed by atoms with Crippen LogP contribution in [0, 0.1) is 0 Å². The number of hydrogen-bond donors (Lipinski definition) is 0. The second-order valence-corrected chi connectivity index (χ2v) is 6.30. The average Bonchev–Trinajstić information content (AvgIpc) is 2.57. The SMILES string of the molecule is COc1ccc(C=O)cc1OC1CC(C)(C)OC1(C)C. The summed E-state index contributed by atoms with van der Waals surface area (Å²) in [6.07, 6.45) is 1.49. The monoisotopic (exact) mass is 278 g/mol. The van der Waals surface area contributed by atoms with E-state index in [1.807, 2.05) is 13.8 Å². The van der Waals surface area contributed by atoms with Gasteiger partial charge < -0.3 is 14.2 Å². The van der Waals surface area contributed by atoms with E-state index >= 15 is 0 Å². The Labute approximate surface area is 120 Å². The lowest BCUT2D eigenvalue weighted by molar-refractivity contribution is -0.0847. The van der Waals surface area contributed by atoms with Crippen molar-refractivity contribution in [3.05, 3.63) is 23.8 Å². The second kappa shape index (κ2) is 5.09. The fraction of sp³-hybridized carbons (Fsp3) is 0.562. The molecule has 1 unspecified atom stereocenters. The first-order valence-electron chi connectivity index (χ1n) is 6.77. The smallest absolute Gasteiger partial charge is 0.162 e. The van der Waals surface area contributed by atoms with Crippen molar-refractivity contribution >= 4 is 6.29 Å². The average molecular weight is 278 g/mol. The summed E-state index contributed by atoms with van der Waals surface area (Å²) in [6, 6.07) is 5.15. The molecule has 0 N–H and O–H groups in total. The molecule has 0 bridgehead atoms. The maximum absolute atomic E-state index is 10.9. The van der Waals surface area contributed by atoms with Crippen molar-refractivity contribution in [1.29, 1.82) is 0 Å². The summed E-state index contributed by atoms with van der Waals surface area (Å²) in [5, 5.41) is 0. The molecule has 0 aliphatic carbocycles. The van der Waals surface area contributed by atoms with Gasteiger partial charge in [-0.25, -0.2) is 0 Å². The first-order valence-corrected chi connectivity index (χ1v) is 6.77. The van der Waals surface area contributed by atoms with Crippen LogP contribution in [0.5, 0.6) is 11.5 Å². The Morgan fingerprint density at radius 3 is 2.45 bits per heavy atom. The quantitative estimate of drug-likeness (QED) is 0.793. The van der Waals surface area contributed by atoms with Crippen LogP contribution in [0.2, 0.25) is 0 Å². The van der Waals surface area contributed by atoms with Crippen molar-refractivity contribution in [2.75, 3.05) is 7.11 Å². The molecule has 0 aromatic heterocycles. The molecule has 20 heavy (non-hydrogen) atoms. The first-order chi connectivity index (χ1) is 9.27. The van der Waals surface area contributed by atoms with Gasteiger partial charge in [-0.1, -0.05) is 0 Å². The maximum atomic E-state index is 10.9. The van der Waals surface area contributed by atoms with Crippen LogP contribution in [0.4, 0.5) is 0 Å². The number of benzene rings is 1. The van der Waals surface area contributed by atoms with Crippen molar-refractivity contribution in [2.24, 2.45) is 0 Å². The molecule has 4 nitrogen and oxygen atoms in total. The minimum atomic E-state index is -0.383. The van der Waals surface area contributed by atoms with E-state index in [0.717, 1.165) is 12.7 Å². The summed E-state index contributed by atoms with van der Waals surface area (Å²) < 4.78 is 17.4. The van der Waals surface area contributed by atoms with E-state index in [0.29, 0.717) is 17.1 Å². The second-order valence-electron chi connectivity index (χ2n) is 6.30. The third-order valence-electron chi connectivity index (χ3n) is 3.58. The van der Waals surface area contributed by atoms with Crippen molar-refractivity contribution < 1.29 is 19.0 Å². The number of hydrogen-bond acceptors (Lipinski definition) is 4. The van der Waals surface area contributed by atoms with Gasteiger partial charge in [-0.05, 0) is 45.9 Å². The molecule has 2 rings (SSSR count). The van der Waals surface area contributed by atoms with Crippen molar-refractivity contribution in [3.63, 3.8) is 0 Å². The lowest BCUT2D eigenvalue weighted by Gasteiger charge is -2.28. The molecule has 0 radical (unpaired) electrons. The van der Waals surface area contributed by atoms with Gasteiger partial charge in [0.05, 0.1) is 12.7 Å². The largest absolute Gasteiger partial charge is 0.493 e. The van der Waals surface area contributed by atoms with Gasteiger partial charge in [0.1, 0.15) is 18.0 Å². The zero-order chi connectivity index (χ0) is 15.0. The molecule has 1 atom stereocenters. The van der Waals surface area contributed by atoms with Gasteiger partial charge in [0.25, 0.3) is 0 Å². The van der Waals surface area contributed by atoms with Crippen LogP contribution in [0.25, 0.3) is 0 Å². The third kappa shape index (κ3) is 2.96. The molecular weight excluding hydrogens is 256 g/mol. The van der Waals surface area contributed by atoms with Gasteiger partial charge in [-0.15, -0.1) is 0 Å². The van der Waals surface area contributed by atoms with Crippen LogP contribution >= 0.6 is 0 Å². The van der Waals surface area contributed by atoms with Crippen LogP contribution < -0.4 is 9.47 Å². The first kappa shape index (κ1) is 14.9. The number of rotatable bonds is 4. The summed E-state index contributed by atoms with van der Waals surface area (Å²) in [6.45, 7) is 8.14.